The predicted octanol–water partition coefficient (Wildman–Crippen LogP) is 4.58. The van der Waals surface area contributed by atoms with Crippen molar-refractivity contribution in [1.82, 2.24) is 14.9 Å². The molecule has 6 nitrogen and oxygen atoms in total. The Morgan fingerprint density at radius 1 is 1.13 bits per heavy atom. The summed E-state index contributed by atoms with van der Waals surface area (Å²) in [5, 5.41) is 6.55. The molecule has 31 heavy (non-hydrogen) atoms. The molecule has 0 saturated carbocycles. The number of benzene rings is 1. The molecule has 0 spiro atoms. The number of para-hydroxylation sites is 1. The van der Waals surface area contributed by atoms with Gasteiger partial charge >= 0.3 is 0 Å². The minimum Gasteiger partial charge on any atom is -0.346 e. The van der Waals surface area contributed by atoms with Gasteiger partial charge in [0.2, 0.25) is 0 Å². The molecule has 1 aromatic carbocycles. The third-order valence-electron chi connectivity index (χ3n) is 4.42. The predicted molar refractivity (Wildman–Crippen MR) is 127 cm³/mol. The molecule has 3 rings (SSSR count). The van der Waals surface area contributed by atoms with Crippen molar-refractivity contribution in [3.63, 3.8) is 0 Å². The highest BCUT2D eigenvalue weighted by Gasteiger charge is 2.19. The molecule has 0 saturated heterocycles. The molecule has 0 atom stereocenters. The maximum atomic E-state index is 12.9. The number of pyridine rings is 2. The van der Waals surface area contributed by atoms with Gasteiger partial charge in [0.25, 0.3) is 5.91 Å². The SMILES string of the molecule is C=C/C=C(\C=C)Nc1cc(=O)c2cnc(C(=O)NC(C)(C)C)cc2n1-c1ccccc1. The second-order valence-electron chi connectivity index (χ2n) is 8.04. The van der Waals surface area contributed by atoms with Crippen LogP contribution in [0, 0.1) is 0 Å². The van der Waals surface area contributed by atoms with Gasteiger partial charge in [-0.2, -0.15) is 0 Å². The summed E-state index contributed by atoms with van der Waals surface area (Å²) in [4.78, 5) is 29.8. The normalized spacial score (nSPS) is 11.8. The lowest BCUT2D eigenvalue weighted by Crippen LogP contribution is -2.41. The van der Waals surface area contributed by atoms with Gasteiger partial charge in [-0.05, 0) is 51.1 Å². The molecule has 2 heterocycles. The first-order valence-corrected chi connectivity index (χ1v) is 9.89. The molecule has 2 N–H and O–H groups in total. The molecule has 6 heteroatoms. The Labute approximate surface area is 181 Å². The molecule has 3 aromatic rings. The number of anilines is 1. The smallest absolute Gasteiger partial charge is 0.270 e. The highest BCUT2D eigenvalue weighted by atomic mass is 16.2. The monoisotopic (exact) mass is 414 g/mol. The van der Waals surface area contributed by atoms with E-state index in [1.54, 1.807) is 24.3 Å². The van der Waals surface area contributed by atoms with Crippen LogP contribution >= 0.6 is 0 Å². The van der Waals surface area contributed by atoms with E-state index in [4.69, 9.17) is 0 Å². The summed E-state index contributed by atoms with van der Waals surface area (Å²) < 4.78 is 1.88. The van der Waals surface area contributed by atoms with Crippen LogP contribution in [0.15, 0.2) is 90.5 Å². The standard InChI is InChI=1S/C25H26N4O2/c1-6-11-17(7-2)27-23-15-22(30)19-16-26-20(24(31)28-25(3,4)5)14-21(19)29(23)18-12-9-8-10-13-18/h6-16,27H,1-2H2,3-5H3,(H,28,31)/b17-11+. The zero-order valence-electron chi connectivity index (χ0n) is 18.0. The van der Waals surface area contributed by atoms with Crippen molar-refractivity contribution in [2.45, 2.75) is 26.3 Å². The average molecular weight is 415 g/mol. The van der Waals surface area contributed by atoms with Gasteiger partial charge in [-0.25, -0.2) is 0 Å². The molecule has 158 valence electrons. The van der Waals surface area contributed by atoms with Crippen LogP contribution in [0.25, 0.3) is 16.6 Å². The van der Waals surface area contributed by atoms with Gasteiger partial charge in [-0.3, -0.25) is 19.1 Å². The Morgan fingerprint density at radius 3 is 2.45 bits per heavy atom. The number of nitrogens with one attached hydrogen (secondary N) is 2. The molecular weight excluding hydrogens is 388 g/mol. The lowest BCUT2D eigenvalue weighted by Gasteiger charge is -2.21. The Hall–Kier alpha value is -3.93. The van der Waals surface area contributed by atoms with Gasteiger partial charge in [0, 0.05) is 29.2 Å². The van der Waals surface area contributed by atoms with Crippen molar-refractivity contribution in [2.75, 3.05) is 5.32 Å². The number of amides is 1. The maximum absolute atomic E-state index is 12.9. The fraction of sp³-hybridized carbons (Fsp3) is 0.160. The Morgan fingerprint density at radius 2 is 1.84 bits per heavy atom. The van der Waals surface area contributed by atoms with Crippen molar-refractivity contribution >= 4 is 22.6 Å². The molecule has 0 aliphatic heterocycles. The summed E-state index contributed by atoms with van der Waals surface area (Å²) in [7, 11) is 0. The molecule has 0 radical (unpaired) electrons. The maximum Gasteiger partial charge on any atom is 0.270 e. The number of rotatable bonds is 6. The first-order valence-electron chi connectivity index (χ1n) is 9.89. The second-order valence-corrected chi connectivity index (χ2v) is 8.04. The molecule has 1 amide bonds. The van der Waals surface area contributed by atoms with Crippen LogP contribution in [0.4, 0.5) is 5.82 Å². The quantitative estimate of drug-likeness (QED) is 0.579. The van der Waals surface area contributed by atoms with Gasteiger partial charge in [0.05, 0.1) is 10.9 Å². The Kier molecular flexibility index (Phi) is 6.20. The highest BCUT2D eigenvalue weighted by Crippen LogP contribution is 2.24. The van der Waals surface area contributed by atoms with E-state index >= 15 is 0 Å². The van der Waals surface area contributed by atoms with E-state index in [2.05, 4.69) is 28.8 Å². The van der Waals surface area contributed by atoms with Crippen LogP contribution in [-0.4, -0.2) is 21.0 Å². The van der Waals surface area contributed by atoms with Crippen LogP contribution in [0.2, 0.25) is 0 Å². The number of hydrogen-bond donors (Lipinski definition) is 2. The van der Waals surface area contributed by atoms with Crippen molar-refractivity contribution in [3.8, 4) is 5.69 Å². The zero-order chi connectivity index (χ0) is 22.6. The van der Waals surface area contributed by atoms with Gasteiger partial charge in [-0.15, -0.1) is 0 Å². The summed E-state index contributed by atoms with van der Waals surface area (Å²) in [6.07, 6.45) is 6.48. The van der Waals surface area contributed by atoms with Gasteiger partial charge < -0.3 is 10.6 Å². The van der Waals surface area contributed by atoms with Crippen molar-refractivity contribution in [1.29, 1.82) is 0 Å². The largest absolute Gasteiger partial charge is 0.346 e. The molecule has 0 fully saturated rings. The van der Waals surface area contributed by atoms with Crippen LogP contribution in [0.3, 0.4) is 0 Å². The van der Waals surface area contributed by atoms with Crippen LogP contribution in [-0.2, 0) is 0 Å². The number of carbonyl (C=O) groups excluding carboxylic acids is 1. The molecular formula is C25H26N4O2. The van der Waals surface area contributed by atoms with Crippen LogP contribution in [0.5, 0.6) is 0 Å². The summed E-state index contributed by atoms with van der Waals surface area (Å²) in [5.74, 6) is 0.225. The van der Waals surface area contributed by atoms with E-state index in [1.165, 1.54) is 12.3 Å². The Bertz CT molecular complexity index is 1230. The summed E-state index contributed by atoms with van der Waals surface area (Å²) in [6, 6.07) is 12.7. The number of carbonyl (C=O) groups is 1. The fourth-order valence-corrected chi connectivity index (χ4v) is 3.13. The number of fused-ring (bicyclic) bond motifs is 1. The van der Waals surface area contributed by atoms with Crippen LogP contribution in [0.1, 0.15) is 31.3 Å². The van der Waals surface area contributed by atoms with Gasteiger partial charge in [0.15, 0.2) is 5.43 Å². The molecule has 0 bridgehead atoms. The first kappa shape index (κ1) is 21.8. The first-order chi connectivity index (χ1) is 14.7. The van der Waals surface area contributed by atoms with E-state index in [0.717, 1.165) is 5.69 Å². The third kappa shape index (κ3) is 4.98. The topological polar surface area (TPSA) is 76.0 Å². The minimum atomic E-state index is -0.412. The van der Waals surface area contributed by atoms with Crippen molar-refractivity contribution in [2.24, 2.45) is 0 Å². The summed E-state index contributed by atoms with van der Waals surface area (Å²) in [6.45, 7) is 13.2. The van der Waals surface area contributed by atoms with E-state index in [9.17, 15) is 9.59 Å². The lowest BCUT2D eigenvalue weighted by atomic mass is 10.1. The van der Waals surface area contributed by atoms with E-state index in [-0.39, 0.29) is 17.0 Å². The highest BCUT2D eigenvalue weighted by molar-refractivity contribution is 5.96. The van der Waals surface area contributed by atoms with Crippen molar-refractivity contribution in [3.05, 3.63) is 102 Å². The van der Waals surface area contributed by atoms with Gasteiger partial charge in [0.1, 0.15) is 11.5 Å². The fourth-order valence-electron chi connectivity index (χ4n) is 3.13. The molecule has 2 aromatic heterocycles. The number of aromatic nitrogens is 2. The third-order valence-corrected chi connectivity index (χ3v) is 4.42. The van der Waals surface area contributed by atoms with Crippen LogP contribution < -0.4 is 16.1 Å². The van der Waals surface area contributed by atoms with Gasteiger partial charge in [-0.1, -0.05) is 37.4 Å². The second kappa shape index (κ2) is 8.83. The summed E-state index contributed by atoms with van der Waals surface area (Å²) >= 11 is 0. The summed E-state index contributed by atoms with van der Waals surface area (Å²) in [5.41, 5.74) is 1.68. The van der Waals surface area contributed by atoms with E-state index in [0.29, 0.717) is 22.4 Å². The number of nitrogens with zero attached hydrogens (tertiary/aromatic N) is 2. The zero-order valence-corrected chi connectivity index (χ0v) is 18.0. The Balaban J connectivity index is 2.30. The van der Waals surface area contributed by atoms with E-state index < -0.39 is 5.54 Å². The lowest BCUT2D eigenvalue weighted by molar-refractivity contribution is 0.0914. The van der Waals surface area contributed by atoms with E-state index in [1.807, 2.05) is 55.7 Å². The molecule has 0 aliphatic rings. The van der Waals surface area contributed by atoms with Crippen molar-refractivity contribution < 1.29 is 4.79 Å². The number of hydrogen-bond acceptors (Lipinski definition) is 4. The molecule has 0 unspecified atom stereocenters. The minimum absolute atomic E-state index is 0.207. The molecule has 0 aliphatic carbocycles. The average Bonchev–Trinajstić information content (AvgIpc) is 2.72. The number of allylic oxidation sites excluding steroid dienone is 3.